The molecule has 4 amide bonds. The van der Waals surface area contributed by atoms with Crippen LogP contribution in [-0.2, 0) is 0 Å². The highest BCUT2D eigenvalue weighted by atomic mass is 79.9. The first-order valence-corrected chi connectivity index (χ1v) is 8.01. The molecule has 0 saturated heterocycles. The Morgan fingerprint density at radius 3 is 2.55 bits per heavy atom. The Labute approximate surface area is 137 Å². The maximum Gasteiger partial charge on any atom is 0.314 e. The van der Waals surface area contributed by atoms with Crippen molar-refractivity contribution in [2.75, 3.05) is 19.6 Å². The summed E-state index contributed by atoms with van der Waals surface area (Å²) < 4.78 is 0.767. The van der Waals surface area contributed by atoms with E-state index in [4.69, 9.17) is 0 Å². The van der Waals surface area contributed by atoms with E-state index in [0.29, 0.717) is 30.6 Å². The molecule has 2 rings (SSSR count). The van der Waals surface area contributed by atoms with Crippen LogP contribution in [0.3, 0.4) is 0 Å². The van der Waals surface area contributed by atoms with Crippen molar-refractivity contribution in [3.05, 3.63) is 33.8 Å². The van der Waals surface area contributed by atoms with Crippen LogP contribution in [0.2, 0.25) is 0 Å². The van der Waals surface area contributed by atoms with Crippen LogP contribution in [0.1, 0.15) is 40.5 Å². The third-order valence-electron chi connectivity index (χ3n) is 3.31. The molecule has 0 atom stereocenters. The average molecular weight is 368 g/mol. The van der Waals surface area contributed by atoms with Gasteiger partial charge in [-0.25, -0.2) is 4.79 Å². The van der Waals surface area contributed by atoms with Gasteiger partial charge in [0.25, 0.3) is 11.8 Å². The van der Waals surface area contributed by atoms with Crippen LogP contribution < -0.4 is 10.6 Å². The molecule has 2 N–H and O–H groups in total. The minimum atomic E-state index is -0.281. The largest absolute Gasteiger partial charge is 0.338 e. The summed E-state index contributed by atoms with van der Waals surface area (Å²) in [5.74, 6) is -0.556. The quantitative estimate of drug-likeness (QED) is 0.597. The van der Waals surface area contributed by atoms with Crippen LogP contribution in [0.4, 0.5) is 4.79 Å². The lowest BCUT2D eigenvalue weighted by molar-refractivity contribution is 0.0653. The molecule has 0 aliphatic carbocycles. The van der Waals surface area contributed by atoms with E-state index < -0.39 is 0 Å². The lowest BCUT2D eigenvalue weighted by Crippen LogP contribution is -2.38. The Kier molecular flexibility index (Phi) is 5.54. The second-order valence-corrected chi connectivity index (χ2v) is 5.90. The maximum absolute atomic E-state index is 12.2. The summed E-state index contributed by atoms with van der Waals surface area (Å²) in [6.45, 7) is 3.30. The molecule has 0 bridgehead atoms. The van der Waals surface area contributed by atoms with Gasteiger partial charge in [-0.05, 0) is 31.0 Å². The number of hydrogen-bond donors (Lipinski definition) is 2. The Morgan fingerprint density at radius 1 is 1.14 bits per heavy atom. The Hall–Kier alpha value is -1.89. The van der Waals surface area contributed by atoms with Crippen molar-refractivity contribution in [1.29, 1.82) is 0 Å². The van der Waals surface area contributed by atoms with Crippen LogP contribution >= 0.6 is 15.9 Å². The van der Waals surface area contributed by atoms with Crippen molar-refractivity contribution in [3.8, 4) is 0 Å². The minimum absolute atomic E-state index is 0.229. The summed E-state index contributed by atoms with van der Waals surface area (Å²) in [7, 11) is 0. The standard InChI is InChI=1S/C15H18BrN3O3/c1-2-6-17-15(22)18-7-3-8-19-13(20)11-5-4-10(16)9-12(11)14(19)21/h4-5,9H,2-3,6-8H2,1H3,(H2,17,18,22). The smallest absolute Gasteiger partial charge is 0.314 e. The van der Waals surface area contributed by atoms with E-state index in [2.05, 4.69) is 26.6 Å². The van der Waals surface area contributed by atoms with Gasteiger partial charge in [0.05, 0.1) is 11.1 Å². The molecule has 7 heteroatoms. The van der Waals surface area contributed by atoms with E-state index in [9.17, 15) is 14.4 Å². The number of imide groups is 1. The second kappa shape index (κ2) is 7.40. The van der Waals surface area contributed by atoms with Gasteiger partial charge in [-0.1, -0.05) is 22.9 Å². The Balaban J connectivity index is 1.84. The molecule has 0 radical (unpaired) electrons. The molecule has 0 spiro atoms. The minimum Gasteiger partial charge on any atom is -0.338 e. The predicted octanol–water partition coefficient (Wildman–Crippen LogP) is 2.14. The maximum atomic E-state index is 12.2. The molecule has 1 heterocycles. The van der Waals surface area contributed by atoms with Crippen LogP contribution in [0.25, 0.3) is 0 Å². The Bertz CT molecular complexity index is 604. The number of nitrogens with zero attached hydrogens (tertiary/aromatic N) is 1. The molecule has 1 aliphatic rings. The number of urea groups is 1. The van der Waals surface area contributed by atoms with E-state index in [0.717, 1.165) is 10.9 Å². The predicted molar refractivity (Wildman–Crippen MR) is 85.8 cm³/mol. The zero-order valence-electron chi connectivity index (χ0n) is 12.3. The van der Waals surface area contributed by atoms with Crippen LogP contribution in [0.15, 0.2) is 22.7 Å². The zero-order chi connectivity index (χ0) is 16.1. The van der Waals surface area contributed by atoms with Crippen molar-refractivity contribution in [2.24, 2.45) is 0 Å². The highest BCUT2D eigenvalue weighted by Gasteiger charge is 2.34. The molecule has 0 fully saturated rings. The highest BCUT2D eigenvalue weighted by molar-refractivity contribution is 9.10. The van der Waals surface area contributed by atoms with Crippen molar-refractivity contribution >= 4 is 33.8 Å². The molecule has 118 valence electrons. The first-order chi connectivity index (χ1) is 10.5. The number of carbonyl (C=O) groups excluding carboxylic acids is 3. The van der Waals surface area contributed by atoms with E-state index in [1.54, 1.807) is 18.2 Å². The fourth-order valence-electron chi connectivity index (χ4n) is 2.21. The summed E-state index contributed by atoms with van der Waals surface area (Å²) in [5, 5.41) is 5.39. The van der Waals surface area contributed by atoms with Gasteiger partial charge >= 0.3 is 6.03 Å². The summed E-state index contributed by atoms with van der Waals surface area (Å²) in [6.07, 6.45) is 1.39. The van der Waals surface area contributed by atoms with Crippen LogP contribution in [-0.4, -0.2) is 42.4 Å². The van der Waals surface area contributed by atoms with Gasteiger partial charge in [0.2, 0.25) is 0 Å². The summed E-state index contributed by atoms with van der Waals surface area (Å²) in [5.41, 5.74) is 0.856. The van der Waals surface area contributed by atoms with Gasteiger partial charge in [-0.2, -0.15) is 0 Å². The SMILES string of the molecule is CCCNC(=O)NCCCN1C(=O)c2ccc(Br)cc2C1=O. The fraction of sp³-hybridized carbons (Fsp3) is 0.400. The van der Waals surface area contributed by atoms with E-state index in [1.165, 1.54) is 4.90 Å². The second-order valence-electron chi connectivity index (χ2n) is 4.99. The lowest BCUT2D eigenvalue weighted by atomic mass is 10.1. The molecular weight excluding hydrogens is 350 g/mol. The lowest BCUT2D eigenvalue weighted by Gasteiger charge is -2.14. The molecule has 1 aromatic rings. The van der Waals surface area contributed by atoms with E-state index >= 15 is 0 Å². The average Bonchev–Trinajstić information content (AvgIpc) is 2.73. The number of nitrogens with one attached hydrogen (secondary N) is 2. The van der Waals surface area contributed by atoms with Gasteiger partial charge in [-0.3, -0.25) is 14.5 Å². The molecular formula is C15H18BrN3O3. The number of rotatable bonds is 6. The molecule has 0 aromatic heterocycles. The normalized spacial score (nSPS) is 13.3. The van der Waals surface area contributed by atoms with Crippen LogP contribution in [0, 0.1) is 0 Å². The van der Waals surface area contributed by atoms with Gasteiger partial charge in [0, 0.05) is 24.1 Å². The summed E-state index contributed by atoms with van der Waals surface area (Å²) in [6, 6.07) is 4.82. The zero-order valence-corrected chi connectivity index (χ0v) is 13.9. The number of benzene rings is 1. The number of halogens is 1. The van der Waals surface area contributed by atoms with Crippen LogP contribution in [0.5, 0.6) is 0 Å². The molecule has 1 aliphatic heterocycles. The van der Waals surface area contributed by atoms with Gasteiger partial charge < -0.3 is 10.6 Å². The number of amides is 4. The fourth-order valence-corrected chi connectivity index (χ4v) is 2.57. The van der Waals surface area contributed by atoms with Gasteiger partial charge in [0.1, 0.15) is 0 Å². The summed E-state index contributed by atoms with van der Waals surface area (Å²) >= 11 is 3.30. The highest BCUT2D eigenvalue weighted by Crippen LogP contribution is 2.25. The van der Waals surface area contributed by atoms with Gasteiger partial charge in [0.15, 0.2) is 0 Å². The summed E-state index contributed by atoms with van der Waals surface area (Å²) in [4.78, 5) is 37.0. The van der Waals surface area contributed by atoms with Crippen molar-refractivity contribution in [1.82, 2.24) is 15.5 Å². The Morgan fingerprint density at radius 2 is 1.82 bits per heavy atom. The van der Waals surface area contributed by atoms with Gasteiger partial charge in [-0.15, -0.1) is 0 Å². The number of fused-ring (bicyclic) bond motifs is 1. The van der Waals surface area contributed by atoms with E-state index in [-0.39, 0.29) is 24.4 Å². The number of carbonyl (C=O) groups is 3. The molecule has 0 saturated carbocycles. The van der Waals surface area contributed by atoms with Crippen molar-refractivity contribution in [2.45, 2.75) is 19.8 Å². The van der Waals surface area contributed by atoms with Crippen molar-refractivity contribution < 1.29 is 14.4 Å². The third-order valence-corrected chi connectivity index (χ3v) is 3.81. The molecule has 0 unspecified atom stereocenters. The van der Waals surface area contributed by atoms with E-state index in [1.807, 2.05) is 6.92 Å². The topological polar surface area (TPSA) is 78.5 Å². The molecule has 22 heavy (non-hydrogen) atoms. The monoisotopic (exact) mass is 367 g/mol. The first kappa shape index (κ1) is 16.5. The first-order valence-electron chi connectivity index (χ1n) is 7.22. The molecule has 1 aromatic carbocycles. The van der Waals surface area contributed by atoms with Crippen molar-refractivity contribution in [3.63, 3.8) is 0 Å². The molecule has 6 nitrogen and oxygen atoms in total. The third kappa shape index (κ3) is 3.65. The number of hydrogen-bond acceptors (Lipinski definition) is 3.